The molecule has 2 rings (SSSR count). The van der Waals surface area contributed by atoms with Gasteiger partial charge in [0, 0.05) is 31.3 Å². The van der Waals surface area contributed by atoms with Gasteiger partial charge in [-0.3, -0.25) is 0 Å². The largest absolute Gasteiger partial charge is 0.444 e. The lowest BCUT2D eigenvalue weighted by atomic mass is 9.92. The zero-order valence-electron chi connectivity index (χ0n) is 15.3. The zero-order valence-corrected chi connectivity index (χ0v) is 16.1. The van der Waals surface area contributed by atoms with Gasteiger partial charge in [-0.05, 0) is 59.3 Å². The van der Waals surface area contributed by atoms with Crippen molar-refractivity contribution in [1.29, 1.82) is 0 Å². The third kappa shape index (κ3) is 6.40. The molecular formula is C18H30N2O3S. The Labute approximate surface area is 149 Å². The maximum atomic E-state index is 12.0. The van der Waals surface area contributed by atoms with Crippen molar-refractivity contribution in [1.82, 2.24) is 9.88 Å². The van der Waals surface area contributed by atoms with E-state index in [-0.39, 0.29) is 12.2 Å². The molecule has 2 heterocycles. The third-order valence-electron chi connectivity index (χ3n) is 4.19. The lowest BCUT2D eigenvalue weighted by molar-refractivity contribution is 0.0170. The second-order valence-corrected chi connectivity index (χ2v) is 8.36. The molecule has 1 atom stereocenters. The van der Waals surface area contributed by atoms with Gasteiger partial charge in [-0.2, -0.15) is 0 Å². The van der Waals surface area contributed by atoms with Crippen molar-refractivity contribution in [2.45, 2.75) is 65.1 Å². The Morgan fingerprint density at radius 2 is 2.12 bits per heavy atom. The lowest BCUT2D eigenvalue weighted by Gasteiger charge is -2.33. The Bertz CT molecular complexity index is 491. The third-order valence-corrected chi connectivity index (χ3v) is 5.13. The van der Waals surface area contributed by atoms with Crippen molar-refractivity contribution in [3.05, 3.63) is 16.6 Å². The van der Waals surface area contributed by atoms with E-state index in [1.165, 1.54) is 0 Å². The molecule has 0 unspecified atom stereocenters. The number of piperidine rings is 1. The van der Waals surface area contributed by atoms with Gasteiger partial charge in [0.2, 0.25) is 0 Å². The molecule has 0 bridgehead atoms. The lowest BCUT2D eigenvalue weighted by Crippen LogP contribution is -2.41. The molecule has 0 radical (unpaired) electrons. The smallest absolute Gasteiger partial charge is 0.410 e. The average molecular weight is 355 g/mol. The summed E-state index contributed by atoms with van der Waals surface area (Å²) in [4.78, 5) is 18.2. The summed E-state index contributed by atoms with van der Waals surface area (Å²) in [5.74, 6) is 0.683. The molecule has 1 aliphatic rings. The quantitative estimate of drug-likeness (QED) is 0.698. The summed E-state index contributed by atoms with van der Waals surface area (Å²) in [5, 5.41) is 3.02. The summed E-state index contributed by atoms with van der Waals surface area (Å²) < 4.78 is 11.3. The van der Waals surface area contributed by atoms with Crippen LogP contribution >= 0.6 is 11.3 Å². The molecule has 0 N–H and O–H groups in total. The first-order valence-electron chi connectivity index (χ1n) is 8.84. The predicted octanol–water partition coefficient (Wildman–Crippen LogP) is 4.65. The van der Waals surface area contributed by atoms with Crippen LogP contribution in [-0.4, -0.2) is 41.3 Å². The summed E-state index contributed by atoms with van der Waals surface area (Å²) in [7, 11) is 0. The molecule has 136 valence electrons. The van der Waals surface area contributed by atoms with Crippen molar-refractivity contribution in [3.63, 3.8) is 0 Å². The highest BCUT2D eigenvalue weighted by molar-refractivity contribution is 7.09. The maximum Gasteiger partial charge on any atom is 0.410 e. The molecule has 1 amide bonds. The fourth-order valence-electron chi connectivity index (χ4n) is 2.87. The Morgan fingerprint density at radius 3 is 2.71 bits per heavy atom. The van der Waals surface area contributed by atoms with E-state index in [1.54, 1.807) is 11.3 Å². The number of rotatable bonds is 6. The number of likely N-dealkylation sites (tertiary alicyclic amines) is 1. The first kappa shape index (κ1) is 19.2. The minimum Gasteiger partial charge on any atom is -0.444 e. The van der Waals surface area contributed by atoms with Gasteiger partial charge >= 0.3 is 6.09 Å². The predicted molar refractivity (Wildman–Crippen MR) is 96.2 cm³/mol. The highest BCUT2D eigenvalue weighted by Gasteiger charge is 2.26. The number of ether oxygens (including phenoxy) is 2. The van der Waals surface area contributed by atoms with Gasteiger partial charge in [0.1, 0.15) is 16.7 Å². The molecule has 0 saturated carbocycles. The van der Waals surface area contributed by atoms with E-state index in [2.05, 4.69) is 11.9 Å². The van der Waals surface area contributed by atoms with E-state index in [0.29, 0.717) is 5.92 Å². The van der Waals surface area contributed by atoms with E-state index < -0.39 is 5.60 Å². The van der Waals surface area contributed by atoms with E-state index in [9.17, 15) is 4.79 Å². The number of hydrogen-bond acceptors (Lipinski definition) is 5. The molecule has 0 aromatic carbocycles. The van der Waals surface area contributed by atoms with Gasteiger partial charge in [-0.1, -0.05) is 0 Å². The van der Waals surface area contributed by atoms with Crippen LogP contribution in [0.3, 0.4) is 0 Å². The van der Waals surface area contributed by atoms with Gasteiger partial charge in [-0.25, -0.2) is 9.78 Å². The summed E-state index contributed by atoms with van der Waals surface area (Å²) in [6.07, 6.45) is 6.06. The van der Waals surface area contributed by atoms with E-state index in [0.717, 1.165) is 50.4 Å². The number of carbonyl (C=O) groups excluding carboxylic acids is 1. The molecule has 1 saturated heterocycles. The molecule has 6 heteroatoms. The second kappa shape index (κ2) is 8.81. The molecule has 0 spiro atoms. The van der Waals surface area contributed by atoms with E-state index in [4.69, 9.17) is 9.47 Å². The van der Waals surface area contributed by atoms with Crippen LogP contribution < -0.4 is 0 Å². The van der Waals surface area contributed by atoms with Gasteiger partial charge in [0.15, 0.2) is 0 Å². The summed E-state index contributed by atoms with van der Waals surface area (Å²) in [5.41, 5.74) is -0.417. The molecule has 1 fully saturated rings. The van der Waals surface area contributed by atoms with Crippen molar-refractivity contribution in [2.24, 2.45) is 5.92 Å². The fraction of sp³-hybridized carbons (Fsp3) is 0.778. The highest BCUT2D eigenvalue weighted by Crippen LogP contribution is 2.24. The zero-order chi connectivity index (χ0) is 17.6. The van der Waals surface area contributed by atoms with E-state index in [1.807, 2.05) is 37.2 Å². The van der Waals surface area contributed by atoms with E-state index >= 15 is 0 Å². The number of carbonyl (C=O) groups is 1. The van der Waals surface area contributed by atoms with Crippen LogP contribution in [0, 0.1) is 5.92 Å². The second-order valence-electron chi connectivity index (χ2n) is 7.44. The molecule has 0 aliphatic carbocycles. The first-order chi connectivity index (χ1) is 11.3. The molecular weight excluding hydrogens is 324 g/mol. The summed E-state index contributed by atoms with van der Waals surface area (Å²) in [6.45, 7) is 10.1. The number of aromatic nitrogens is 1. The number of nitrogens with zero attached hydrogens (tertiary/aromatic N) is 2. The van der Waals surface area contributed by atoms with Crippen molar-refractivity contribution >= 4 is 17.4 Å². The molecule has 5 nitrogen and oxygen atoms in total. The van der Waals surface area contributed by atoms with Crippen LogP contribution in [0.2, 0.25) is 0 Å². The average Bonchev–Trinajstić information content (AvgIpc) is 3.04. The minimum absolute atomic E-state index is 0.0824. The maximum absolute atomic E-state index is 12.0. The SMILES string of the molecule is C[C@@H](OCCCC1CCN(C(=O)OC(C)(C)C)CC1)c1nccs1. The van der Waals surface area contributed by atoms with Crippen LogP contribution in [0.5, 0.6) is 0 Å². The van der Waals surface area contributed by atoms with Crippen LogP contribution in [0.1, 0.15) is 64.5 Å². The fourth-order valence-corrected chi connectivity index (χ4v) is 3.51. The molecule has 1 aromatic heterocycles. The molecule has 24 heavy (non-hydrogen) atoms. The van der Waals surface area contributed by atoms with Gasteiger partial charge in [-0.15, -0.1) is 11.3 Å². The Morgan fingerprint density at radius 1 is 1.42 bits per heavy atom. The highest BCUT2D eigenvalue weighted by atomic mass is 32.1. The van der Waals surface area contributed by atoms with Gasteiger partial charge in [0.05, 0.1) is 0 Å². The Balaban J connectivity index is 1.59. The van der Waals surface area contributed by atoms with Crippen LogP contribution in [0.25, 0.3) is 0 Å². The summed E-state index contributed by atoms with van der Waals surface area (Å²) >= 11 is 1.64. The Hall–Kier alpha value is -1.14. The molecule has 1 aromatic rings. The normalized spacial score (nSPS) is 17.8. The monoisotopic (exact) mass is 354 g/mol. The van der Waals surface area contributed by atoms with Crippen molar-refractivity contribution < 1.29 is 14.3 Å². The van der Waals surface area contributed by atoms with Crippen LogP contribution in [0.4, 0.5) is 4.79 Å². The van der Waals surface area contributed by atoms with Crippen LogP contribution in [-0.2, 0) is 9.47 Å². The van der Waals surface area contributed by atoms with Crippen LogP contribution in [0.15, 0.2) is 11.6 Å². The Kier molecular flexibility index (Phi) is 7.04. The standard InChI is InChI=1S/C18H30N2O3S/c1-14(16-19-9-13-24-16)22-12-5-6-15-7-10-20(11-8-15)17(21)23-18(2,3)4/h9,13-15H,5-8,10-12H2,1-4H3/t14-/m1/s1. The number of hydrogen-bond donors (Lipinski definition) is 0. The summed E-state index contributed by atoms with van der Waals surface area (Å²) in [6, 6.07) is 0. The minimum atomic E-state index is -0.417. The van der Waals surface area contributed by atoms with Gasteiger partial charge in [0.25, 0.3) is 0 Å². The van der Waals surface area contributed by atoms with Crippen molar-refractivity contribution in [3.8, 4) is 0 Å². The first-order valence-corrected chi connectivity index (χ1v) is 9.72. The number of thiazole rings is 1. The van der Waals surface area contributed by atoms with Gasteiger partial charge < -0.3 is 14.4 Å². The number of amides is 1. The topological polar surface area (TPSA) is 51.7 Å². The van der Waals surface area contributed by atoms with Crippen molar-refractivity contribution in [2.75, 3.05) is 19.7 Å². The molecule has 1 aliphatic heterocycles.